The van der Waals surface area contributed by atoms with Crippen molar-refractivity contribution in [1.29, 1.82) is 0 Å². The number of benzene rings is 1. The van der Waals surface area contributed by atoms with E-state index in [-0.39, 0.29) is 0 Å². The Labute approximate surface area is 141 Å². The van der Waals surface area contributed by atoms with E-state index in [1.807, 2.05) is 25.1 Å². The zero-order chi connectivity index (χ0) is 17.1. The first kappa shape index (κ1) is 19.2. The van der Waals surface area contributed by atoms with Gasteiger partial charge in [0.2, 0.25) is 0 Å². The van der Waals surface area contributed by atoms with Gasteiger partial charge in [0.25, 0.3) is 0 Å². The molecule has 23 heavy (non-hydrogen) atoms. The van der Waals surface area contributed by atoms with E-state index in [9.17, 15) is 9.59 Å². The summed E-state index contributed by atoms with van der Waals surface area (Å²) in [6.07, 6.45) is -0.189. The molecule has 6 nitrogen and oxygen atoms in total. The highest BCUT2D eigenvalue weighted by Crippen LogP contribution is 2.20. The van der Waals surface area contributed by atoms with Gasteiger partial charge in [0, 0.05) is 0 Å². The molecular formula is C16H24N2O4S. The second-order valence-corrected chi connectivity index (χ2v) is 6.08. The summed E-state index contributed by atoms with van der Waals surface area (Å²) < 4.78 is 10.1. The van der Waals surface area contributed by atoms with Crippen molar-refractivity contribution in [3.05, 3.63) is 29.8 Å². The number of ether oxygens (including phenoxy) is 2. The molecular weight excluding hydrogens is 316 g/mol. The lowest BCUT2D eigenvalue weighted by Crippen LogP contribution is -2.29. The number of alkyl carbamates (subject to hydrolysis) is 1. The fourth-order valence-electron chi connectivity index (χ4n) is 1.60. The second kappa shape index (κ2) is 10.8. The topological polar surface area (TPSA) is 76.7 Å². The molecule has 0 aromatic heterocycles. The number of carbonyl (C=O) groups is 2. The van der Waals surface area contributed by atoms with Gasteiger partial charge in [-0.2, -0.15) is 0 Å². The Balaban J connectivity index is 2.20. The Morgan fingerprint density at radius 2 is 1.87 bits per heavy atom. The summed E-state index contributed by atoms with van der Waals surface area (Å²) in [5.41, 5.74) is 1.11. The maximum absolute atomic E-state index is 11.7. The fraction of sp³-hybridized carbons (Fsp3) is 0.500. The number of hydrogen-bond donors (Lipinski definition) is 2. The molecule has 0 radical (unpaired) electrons. The molecule has 0 unspecified atom stereocenters. The first-order valence-electron chi connectivity index (χ1n) is 7.57. The number of amides is 2. The Bertz CT molecular complexity index is 509. The van der Waals surface area contributed by atoms with Crippen LogP contribution in [0, 0.1) is 0 Å². The van der Waals surface area contributed by atoms with Crippen molar-refractivity contribution in [2.75, 3.05) is 18.4 Å². The van der Waals surface area contributed by atoms with Crippen molar-refractivity contribution in [3.63, 3.8) is 0 Å². The predicted molar refractivity (Wildman–Crippen MR) is 91.8 cm³/mol. The van der Waals surface area contributed by atoms with Gasteiger partial charge < -0.3 is 20.1 Å². The van der Waals surface area contributed by atoms with Gasteiger partial charge in [-0.05, 0) is 30.0 Å². The Hall–Kier alpha value is -1.89. The van der Waals surface area contributed by atoms with Crippen LogP contribution in [-0.4, -0.2) is 30.5 Å². The third-order valence-electron chi connectivity index (χ3n) is 2.81. The SMILES string of the molecule is CCCOC(=O)NCSCNC(=O)Oc1cccc(C(C)C)c1. The number of carbonyl (C=O) groups excluding carboxylic acids is 2. The molecule has 2 amide bonds. The summed E-state index contributed by atoms with van der Waals surface area (Å²) in [7, 11) is 0. The zero-order valence-corrected chi connectivity index (χ0v) is 14.6. The van der Waals surface area contributed by atoms with Gasteiger partial charge in [-0.3, -0.25) is 0 Å². The number of thioether (sulfide) groups is 1. The minimum Gasteiger partial charge on any atom is -0.450 e. The Morgan fingerprint density at radius 3 is 2.52 bits per heavy atom. The first-order chi connectivity index (χ1) is 11.0. The lowest BCUT2D eigenvalue weighted by atomic mass is 10.0. The fourth-order valence-corrected chi connectivity index (χ4v) is 2.14. The number of hydrogen-bond acceptors (Lipinski definition) is 5. The number of nitrogens with one attached hydrogen (secondary N) is 2. The van der Waals surface area contributed by atoms with Crippen LogP contribution in [0.15, 0.2) is 24.3 Å². The average molecular weight is 340 g/mol. The van der Waals surface area contributed by atoms with Gasteiger partial charge in [-0.15, -0.1) is 11.8 Å². The molecule has 0 saturated heterocycles. The normalized spacial score (nSPS) is 10.3. The molecule has 7 heteroatoms. The van der Waals surface area contributed by atoms with E-state index in [4.69, 9.17) is 9.47 Å². The Morgan fingerprint density at radius 1 is 1.17 bits per heavy atom. The molecule has 0 bridgehead atoms. The van der Waals surface area contributed by atoms with E-state index in [1.165, 1.54) is 11.8 Å². The standard InChI is InChI=1S/C16H24N2O4S/c1-4-8-21-15(19)17-10-23-11-18-16(20)22-14-7-5-6-13(9-14)12(2)3/h5-7,9,12H,4,8,10-11H2,1-3H3,(H,17,19)(H,18,20). The van der Waals surface area contributed by atoms with Gasteiger partial charge in [-0.25, -0.2) is 9.59 Å². The van der Waals surface area contributed by atoms with Crippen molar-refractivity contribution < 1.29 is 19.1 Å². The smallest absolute Gasteiger partial charge is 0.413 e. The van der Waals surface area contributed by atoms with E-state index in [0.29, 0.717) is 30.0 Å². The van der Waals surface area contributed by atoms with Crippen LogP contribution in [0.5, 0.6) is 5.75 Å². The van der Waals surface area contributed by atoms with Gasteiger partial charge in [0.05, 0.1) is 18.4 Å². The highest BCUT2D eigenvalue weighted by Gasteiger charge is 2.06. The minimum atomic E-state index is -0.521. The molecule has 1 aromatic carbocycles. The molecule has 0 aliphatic carbocycles. The van der Waals surface area contributed by atoms with E-state index in [1.54, 1.807) is 6.07 Å². The summed E-state index contributed by atoms with van der Waals surface area (Å²) in [5.74, 6) is 1.57. The van der Waals surface area contributed by atoms with Crippen molar-refractivity contribution >= 4 is 23.9 Å². The van der Waals surface area contributed by atoms with Crippen molar-refractivity contribution in [2.24, 2.45) is 0 Å². The van der Waals surface area contributed by atoms with Crippen molar-refractivity contribution in [1.82, 2.24) is 10.6 Å². The third kappa shape index (κ3) is 8.35. The van der Waals surface area contributed by atoms with Gasteiger partial charge in [0.1, 0.15) is 5.75 Å². The van der Waals surface area contributed by atoms with Crippen LogP contribution in [0.4, 0.5) is 9.59 Å². The van der Waals surface area contributed by atoms with E-state index < -0.39 is 12.2 Å². The van der Waals surface area contributed by atoms with Crippen LogP contribution in [0.3, 0.4) is 0 Å². The van der Waals surface area contributed by atoms with Crippen LogP contribution >= 0.6 is 11.8 Å². The molecule has 0 aliphatic heterocycles. The quantitative estimate of drug-likeness (QED) is 0.557. The largest absolute Gasteiger partial charge is 0.450 e. The number of rotatable bonds is 8. The molecule has 128 valence electrons. The van der Waals surface area contributed by atoms with E-state index in [0.717, 1.165) is 12.0 Å². The molecule has 1 rings (SSSR count). The molecule has 0 heterocycles. The lowest BCUT2D eigenvalue weighted by Gasteiger charge is -2.10. The summed E-state index contributed by atoms with van der Waals surface area (Å²) in [6, 6.07) is 7.44. The lowest BCUT2D eigenvalue weighted by molar-refractivity contribution is 0.148. The molecule has 0 saturated carbocycles. The van der Waals surface area contributed by atoms with Crippen molar-refractivity contribution in [2.45, 2.75) is 33.1 Å². The maximum Gasteiger partial charge on any atom is 0.413 e. The van der Waals surface area contributed by atoms with Gasteiger partial charge in [0.15, 0.2) is 0 Å². The highest BCUT2D eigenvalue weighted by atomic mass is 32.2. The molecule has 0 atom stereocenters. The summed E-state index contributed by atoms with van der Waals surface area (Å²) in [5, 5.41) is 5.18. The second-order valence-electron chi connectivity index (χ2n) is 5.10. The van der Waals surface area contributed by atoms with E-state index >= 15 is 0 Å². The molecule has 2 N–H and O–H groups in total. The summed E-state index contributed by atoms with van der Waals surface area (Å²) >= 11 is 1.34. The molecule has 0 spiro atoms. The first-order valence-corrected chi connectivity index (χ1v) is 8.72. The molecule has 0 aliphatic rings. The van der Waals surface area contributed by atoms with Crippen LogP contribution < -0.4 is 15.4 Å². The Kier molecular flexibility index (Phi) is 8.97. The molecule has 0 fully saturated rings. The van der Waals surface area contributed by atoms with Crippen LogP contribution in [0.1, 0.15) is 38.7 Å². The highest BCUT2D eigenvalue weighted by molar-refractivity contribution is 7.99. The average Bonchev–Trinajstić information content (AvgIpc) is 2.52. The minimum absolute atomic E-state index is 0.330. The van der Waals surface area contributed by atoms with Crippen LogP contribution in [-0.2, 0) is 4.74 Å². The molecule has 1 aromatic rings. The van der Waals surface area contributed by atoms with Crippen molar-refractivity contribution in [3.8, 4) is 5.75 Å². The maximum atomic E-state index is 11.7. The van der Waals surface area contributed by atoms with Gasteiger partial charge in [-0.1, -0.05) is 32.9 Å². The van der Waals surface area contributed by atoms with Crippen LogP contribution in [0.2, 0.25) is 0 Å². The van der Waals surface area contributed by atoms with E-state index in [2.05, 4.69) is 24.5 Å². The van der Waals surface area contributed by atoms with Gasteiger partial charge >= 0.3 is 12.2 Å². The predicted octanol–water partition coefficient (Wildman–Crippen LogP) is 3.68. The van der Waals surface area contributed by atoms with Crippen LogP contribution in [0.25, 0.3) is 0 Å². The summed E-state index contributed by atoms with van der Waals surface area (Å²) in [6.45, 7) is 6.48. The monoisotopic (exact) mass is 340 g/mol. The third-order valence-corrected chi connectivity index (χ3v) is 3.51. The summed E-state index contributed by atoms with van der Waals surface area (Å²) in [4.78, 5) is 22.8. The zero-order valence-electron chi connectivity index (χ0n) is 13.8.